The van der Waals surface area contributed by atoms with E-state index in [2.05, 4.69) is 53.5 Å². The number of rotatable bonds is 4. The first-order chi connectivity index (χ1) is 15.4. The van der Waals surface area contributed by atoms with Gasteiger partial charge in [-0.1, -0.05) is 42.5 Å². The maximum absolute atomic E-state index is 13.5. The molecule has 0 radical (unpaired) electrons. The summed E-state index contributed by atoms with van der Waals surface area (Å²) < 4.78 is 4.01. The highest BCUT2D eigenvalue weighted by atomic mass is 32.1. The Kier molecular flexibility index (Phi) is 5.87. The second-order valence-corrected chi connectivity index (χ2v) is 11.3. The highest BCUT2D eigenvalue weighted by Crippen LogP contribution is 2.49. The predicted molar refractivity (Wildman–Crippen MR) is 131 cm³/mol. The Labute approximate surface area is 196 Å². The van der Waals surface area contributed by atoms with Crippen molar-refractivity contribution in [2.75, 3.05) is 24.5 Å². The average molecular weight is 453 g/mol. The van der Waals surface area contributed by atoms with Crippen molar-refractivity contribution in [3.05, 3.63) is 39.9 Å². The summed E-state index contributed by atoms with van der Waals surface area (Å²) >= 11 is 1.22. The topological polar surface area (TPSA) is 49.3 Å². The highest BCUT2D eigenvalue weighted by Gasteiger charge is 2.48. The van der Waals surface area contributed by atoms with E-state index < -0.39 is 0 Å². The third-order valence-electron chi connectivity index (χ3n) is 8.49. The number of piperidine rings is 1. The third kappa shape index (κ3) is 3.69. The molecule has 172 valence electrons. The highest BCUT2D eigenvalue weighted by molar-refractivity contribution is 7.08. The Morgan fingerprint density at radius 3 is 2.66 bits per heavy atom. The molecule has 1 saturated carbocycles. The molecule has 6 heteroatoms. The lowest BCUT2D eigenvalue weighted by Crippen LogP contribution is -2.50. The van der Waals surface area contributed by atoms with Crippen LogP contribution in [0.3, 0.4) is 0 Å². The number of anilines is 1. The molecule has 2 fully saturated rings. The number of benzene rings is 1. The van der Waals surface area contributed by atoms with Crippen LogP contribution in [0.15, 0.2) is 18.2 Å². The first kappa shape index (κ1) is 22.0. The van der Waals surface area contributed by atoms with Crippen molar-refractivity contribution < 1.29 is 4.79 Å². The smallest absolute Gasteiger partial charge is 0.271 e. The van der Waals surface area contributed by atoms with Gasteiger partial charge in [-0.2, -0.15) is 0 Å². The van der Waals surface area contributed by atoms with Crippen LogP contribution in [-0.2, 0) is 5.41 Å². The van der Waals surface area contributed by atoms with Crippen molar-refractivity contribution in [2.45, 2.75) is 77.7 Å². The normalized spacial score (nSPS) is 25.9. The number of aryl methyl sites for hydroxylation is 2. The standard InChI is InChI=1S/C26H36N4OS/c1-5-22(20-8-6-17(2)14-20)29-12-10-26(11-13-29)16-30(23-9-7-18(3)15-21(23)26)25(31)24-19(4)27-28-32-24/h7,9,15,17,20,22H,5-6,8,10-14,16H2,1-4H3. The van der Waals surface area contributed by atoms with Gasteiger partial charge in [-0.15, -0.1) is 5.10 Å². The molecule has 2 aromatic rings. The minimum absolute atomic E-state index is 0.0632. The molecule has 1 aromatic heterocycles. The molecular weight excluding hydrogens is 416 g/mol. The van der Waals surface area contributed by atoms with Gasteiger partial charge in [0.25, 0.3) is 5.91 Å². The summed E-state index contributed by atoms with van der Waals surface area (Å²) in [5, 5.41) is 4.08. The van der Waals surface area contributed by atoms with E-state index in [1.807, 2.05) is 11.8 Å². The van der Waals surface area contributed by atoms with Crippen LogP contribution in [0, 0.1) is 25.7 Å². The van der Waals surface area contributed by atoms with Crippen molar-refractivity contribution in [1.82, 2.24) is 14.5 Å². The Hall–Kier alpha value is -1.79. The quantitative estimate of drug-likeness (QED) is 0.626. The zero-order chi connectivity index (χ0) is 22.5. The Morgan fingerprint density at radius 1 is 1.25 bits per heavy atom. The zero-order valence-electron chi connectivity index (χ0n) is 19.9. The molecule has 1 aromatic carbocycles. The molecule has 1 amide bonds. The van der Waals surface area contributed by atoms with Crippen LogP contribution in [0.25, 0.3) is 0 Å². The molecule has 1 saturated heterocycles. The zero-order valence-corrected chi connectivity index (χ0v) is 20.7. The van der Waals surface area contributed by atoms with Crippen LogP contribution < -0.4 is 4.90 Å². The summed E-state index contributed by atoms with van der Waals surface area (Å²) in [4.78, 5) is 18.9. The fraction of sp³-hybridized carbons (Fsp3) is 0.654. The molecule has 2 aliphatic heterocycles. The number of likely N-dealkylation sites (tertiary alicyclic amines) is 1. The number of amides is 1. The Bertz CT molecular complexity index is 993. The molecule has 3 aliphatic rings. The monoisotopic (exact) mass is 452 g/mol. The summed E-state index contributed by atoms with van der Waals surface area (Å²) in [6, 6.07) is 7.35. The summed E-state index contributed by atoms with van der Waals surface area (Å²) in [7, 11) is 0. The lowest BCUT2D eigenvalue weighted by atomic mass is 9.73. The lowest BCUT2D eigenvalue weighted by molar-refractivity contribution is 0.0807. The largest absolute Gasteiger partial charge is 0.306 e. The molecule has 5 nitrogen and oxygen atoms in total. The number of carbonyl (C=O) groups excluding carboxylic acids is 1. The molecule has 3 unspecified atom stereocenters. The van der Waals surface area contributed by atoms with Crippen LogP contribution in [0.2, 0.25) is 0 Å². The first-order valence-corrected chi connectivity index (χ1v) is 13.1. The Balaban J connectivity index is 1.39. The van der Waals surface area contributed by atoms with Crippen molar-refractivity contribution in [1.29, 1.82) is 0 Å². The van der Waals surface area contributed by atoms with Gasteiger partial charge in [-0.3, -0.25) is 4.79 Å². The van der Waals surface area contributed by atoms with Gasteiger partial charge in [-0.25, -0.2) is 0 Å². The van der Waals surface area contributed by atoms with Crippen LogP contribution in [0.1, 0.15) is 78.9 Å². The molecule has 1 aliphatic carbocycles. The molecule has 0 bridgehead atoms. The maximum Gasteiger partial charge on any atom is 0.271 e. The third-order valence-corrected chi connectivity index (χ3v) is 9.30. The predicted octanol–water partition coefficient (Wildman–Crippen LogP) is 5.36. The van der Waals surface area contributed by atoms with E-state index in [-0.39, 0.29) is 11.3 Å². The van der Waals surface area contributed by atoms with E-state index in [0.717, 1.165) is 61.7 Å². The summed E-state index contributed by atoms with van der Waals surface area (Å²) in [5.41, 5.74) is 4.56. The van der Waals surface area contributed by atoms with Gasteiger partial charge in [-0.05, 0) is 94.0 Å². The van der Waals surface area contributed by atoms with Crippen LogP contribution >= 0.6 is 11.5 Å². The molecular formula is C26H36N4OS. The van der Waals surface area contributed by atoms with Crippen LogP contribution in [0.5, 0.6) is 0 Å². The van der Waals surface area contributed by atoms with E-state index in [9.17, 15) is 4.79 Å². The van der Waals surface area contributed by atoms with Gasteiger partial charge in [0.15, 0.2) is 0 Å². The number of fused-ring (bicyclic) bond motifs is 2. The minimum Gasteiger partial charge on any atom is -0.306 e. The summed E-state index contributed by atoms with van der Waals surface area (Å²) in [6.07, 6.45) is 7.70. The fourth-order valence-corrected chi connectivity index (χ4v) is 7.32. The number of aromatic nitrogens is 2. The van der Waals surface area contributed by atoms with Crippen molar-refractivity contribution in [2.24, 2.45) is 11.8 Å². The van der Waals surface area contributed by atoms with Gasteiger partial charge in [0.2, 0.25) is 0 Å². The fourth-order valence-electron chi connectivity index (χ4n) is 6.72. The van der Waals surface area contributed by atoms with Gasteiger partial charge in [0, 0.05) is 23.7 Å². The molecule has 3 heterocycles. The van der Waals surface area contributed by atoms with E-state index in [4.69, 9.17) is 0 Å². The minimum atomic E-state index is 0.0632. The average Bonchev–Trinajstić information content (AvgIpc) is 3.48. The van der Waals surface area contributed by atoms with Crippen LogP contribution in [-0.4, -0.2) is 46.1 Å². The van der Waals surface area contributed by atoms with Crippen molar-refractivity contribution >= 4 is 23.1 Å². The number of hydrogen-bond donors (Lipinski definition) is 0. The molecule has 32 heavy (non-hydrogen) atoms. The van der Waals surface area contributed by atoms with Gasteiger partial charge >= 0.3 is 0 Å². The van der Waals surface area contributed by atoms with E-state index in [0.29, 0.717) is 4.88 Å². The lowest BCUT2D eigenvalue weighted by Gasteiger charge is -2.44. The summed E-state index contributed by atoms with van der Waals surface area (Å²) in [5.74, 6) is 1.81. The second-order valence-electron chi connectivity index (χ2n) is 10.6. The van der Waals surface area contributed by atoms with E-state index in [1.165, 1.54) is 48.3 Å². The number of carbonyl (C=O) groups is 1. The molecule has 0 N–H and O–H groups in total. The molecule has 1 spiro atoms. The van der Waals surface area contributed by atoms with Gasteiger partial charge in [0.05, 0.1) is 5.69 Å². The molecule has 3 atom stereocenters. The van der Waals surface area contributed by atoms with Gasteiger partial charge < -0.3 is 9.80 Å². The second kappa shape index (κ2) is 8.53. The maximum atomic E-state index is 13.5. The summed E-state index contributed by atoms with van der Waals surface area (Å²) in [6.45, 7) is 11.9. The van der Waals surface area contributed by atoms with Crippen molar-refractivity contribution in [3.8, 4) is 0 Å². The van der Waals surface area contributed by atoms with Crippen molar-refractivity contribution in [3.63, 3.8) is 0 Å². The van der Waals surface area contributed by atoms with E-state index >= 15 is 0 Å². The molecule has 5 rings (SSSR count). The SMILES string of the molecule is CCC(C1CCC(C)C1)N1CCC2(CC1)CN(C(=O)c1snnc1C)c1ccc(C)cc12. The number of nitrogens with zero attached hydrogens (tertiary/aromatic N) is 4. The van der Waals surface area contributed by atoms with Gasteiger partial charge in [0.1, 0.15) is 4.88 Å². The van der Waals surface area contributed by atoms with E-state index in [1.54, 1.807) is 0 Å². The number of hydrogen-bond acceptors (Lipinski definition) is 5. The Morgan fingerprint density at radius 2 is 2.03 bits per heavy atom. The first-order valence-electron chi connectivity index (χ1n) is 12.4. The van der Waals surface area contributed by atoms with Crippen LogP contribution in [0.4, 0.5) is 5.69 Å².